The van der Waals surface area contributed by atoms with Crippen LogP contribution in [0.4, 0.5) is 10.6 Å². The zero-order valence-corrected chi connectivity index (χ0v) is 15.4. The van der Waals surface area contributed by atoms with Crippen LogP contribution >= 0.6 is 11.6 Å². The van der Waals surface area contributed by atoms with Gasteiger partial charge in [0, 0.05) is 25.7 Å². The third-order valence-electron chi connectivity index (χ3n) is 3.99. The maximum absolute atomic E-state index is 12.3. The summed E-state index contributed by atoms with van der Waals surface area (Å²) in [6.45, 7) is 13.6. The number of amides is 1. The molecule has 2 rings (SSSR count). The molecule has 6 nitrogen and oxygen atoms in total. The van der Waals surface area contributed by atoms with E-state index in [0.29, 0.717) is 24.8 Å². The summed E-state index contributed by atoms with van der Waals surface area (Å²) in [6.07, 6.45) is -0.264. The molecule has 0 saturated carbocycles. The summed E-state index contributed by atoms with van der Waals surface area (Å²) >= 11 is 6.02. The average molecular weight is 341 g/mol. The first-order chi connectivity index (χ1) is 10.6. The van der Waals surface area contributed by atoms with Gasteiger partial charge in [-0.3, -0.25) is 0 Å². The van der Waals surface area contributed by atoms with Crippen molar-refractivity contribution in [3.05, 3.63) is 16.3 Å². The molecule has 0 N–H and O–H groups in total. The maximum atomic E-state index is 12.3. The molecule has 23 heavy (non-hydrogen) atoms. The molecule has 0 aromatic carbocycles. The number of carbonyl (C=O) groups excluding carboxylic acids is 1. The highest BCUT2D eigenvalue weighted by Crippen LogP contribution is 2.26. The highest BCUT2D eigenvalue weighted by atomic mass is 35.5. The summed E-state index contributed by atoms with van der Waals surface area (Å²) in [5, 5.41) is 8.68. The Labute approximate surface area is 142 Å². The van der Waals surface area contributed by atoms with Gasteiger partial charge in [-0.2, -0.15) is 0 Å². The van der Waals surface area contributed by atoms with Gasteiger partial charge in [0.15, 0.2) is 11.0 Å². The van der Waals surface area contributed by atoms with E-state index in [4.69, 9.17) is 16.3 Å². The van der Waals surface area contributed by atoms with Crippen LogP contribution in [0.5, 0.6) is 0 Å². The fourth-order valence-corrected chi connectivity index (χ4v) is 2.79. The maximum Gasteiger partial charge on any atom is 0.410 e. The Morgan fingerprint density at radius 1 is 1.22 bits per heavy atom. The highest BCUT2D eigenvalue weighted by Gasteiger charge is 2.32. The minimum absolute atomic E-state index is 0.0378. The Hall–Kier alpha value is -1.56. The standard InChI is InChI=1S/C16H25ClN4O2/c1-10-9-20(14-12(3)11(2)13(17)18-19-14)7-8-21(10)15(22)23-16(4,5)6/h10H,7-9H2,1-6H3. The van der Waals surface area contributed by atoms with Crippen molar-refractivity contribution < 1.29 is 9.53 Å². The molecule has 0 aliphatic carbocycles. The number of carbonyl (C=O) groups is 1. The van der Waals surface area contributed by atoms with E-state index < -0.39 is 5.60 Å². The Balaban J connectivity index is 2.10. The van der Waals surface area contributed by atoms with Crippen molar-refractivity contribution in [1.82, 2.24) is 15.1 Å². The predicted molar refractivity (Wildman–Crippen MR) is 91.1 cm³/mol. The average Bonchev–Trinajstić information content (AvgIpc) is 2.43. The molecule has 1 aliphatic heterocycles. The van der Waals surface area contributed by atoms with Gasteiger partial charge in [-0.1, -0.05) is 11.6 Å². The van der Waals surface area contributed by atoms with E-state index in [-0.39, 0.29) is 12.1 Å². The van der Waals surface area contributed by atoms with E-state index in [0.717, 1.165) is 16.9 Å². The molecule has 0 radical (unpaired) electrons. The van der Waals surface area contributed by atoms with Crippen molar-refractivity contribution in [2.45, 2.75) is 53.2 Å². The normalized spacial score (nSPS) is 19.0. The van der Waals surface area contributed by atoms with Gasteiger partial charge < -0.3 is 14.5 Å². The number of piperazine rings is 1. The molecule has 1 atom stereocenters. The van der Waals surface area contributed by atoms with Crippen molar-refractivity contribution in [3.8, 4) is 0 Å². The Bertz CT molecular complexity index is 600. The number of hydrogen-bond donors (Lipinski definition) is 0. The number of ether oxygens (including phenoxy) is 1. The Morgan fingerprint density at radius 2 is 1.87 bits per heavy atom. The van der Waals surface area contributed by atoms with E-state index in [2.05, 4.69) is 15.1 Å². The minimum Gasteiger partial charge on any atom is -0.444 e. The first-order valence-corrected chi connectivity index (χ1v) is 8.22. The van der Waals surface area contributed by atoms with E-state index in [1.807, 2.05) is 41.5 Å². The molecule has 1 aliphatic rings. The van der Waals surface area contributed by atoms with Gasteiger partial charge in [-0.15, -0.1) is 10.2 Å². The Morgan fingerprint density at radius 3 is 2.43 bits per heavy atom. The number of nitrogens with zero attached hydrogens (tertiary/aromatic N) is 4. The second-order valence-corrected chi connectivity index (χ2v) is 7.39. The summed E-state index contributed by atoms with van der Waals surface area (Å²) < 4.78 is 5.47. The van der Waals surface area contributed by atoms with Crippen LogP contribution in [0.15, 0.2) is 0 Å². The molecule has 1 unspecified atom stereocenters. The second-order valence-electron chi connectivity index (χ2n) is 7.03. The van der Waals surface area contributed by atoms with Crippen molar-refractivity contribution in [3.63, 3.8) is 0 Å². The Kier molecular flexibility index (Phi) is 5.04. The molecule has 128 valence electrons. The number of aromatic nitrogens is 2. The lowest BCUT2D eigenvalue weighted by Crippen LogP contribution is -2.55. The number of rotatable bonds is 1. The van der Waals surface area contributed by atoms with Gasteiger partial charge in [-0.05, 0) is 52.7 Å². The molecular weight excluding hydrogens is 316 g/mol. The minimum atomic E-state index is -0.483. The zero-order valence-electron chi connectivity index (χ0n) is 14.7. The van der Waals surface area contributed by atoms with Crippen LogP contribution in [0.3, 0.4) is 0 Å². The molecule has 0 spiro atoms. The van der Waals surface area contributed by atoms with E-state index in [1.54, 1.807) is 4.90 Å². The number of hydrogen-bond acceptors (Lipinski definition) is 5. The molecule has 1 aromatic rings. The summed E-state index contributed by atoms with van der Waals surface area (Å²) in [5.74, 6) is 0.836. The summed E-state index contributed by atoms with van der Waals surface area (Å²) in [4.78, 5) is 16.2. The largest absolute Gasteiger partial charge is 0.444 e. The topological polar surface area (TPSA) is 58.6 Å². The van der Waals surface area contributed by atoms with Crippen LogP contribution in [-0.4, -0.2) is 52.5 Å². The molecule has 1 aromatic heterocycles. The number of anilines is 1. The molecule has 0 bridgehead atoms. The molecule has 1 saturated heterocycles. The molecule has 2 heterocycles. The van der Waals surface area contributed by atoms with Crippen molar-refractivity contribution in [1.29, 1.82) is 0 Å². The van der Waals surface area contributed by atoms with Crippen molar-refractivity contribution in [2.75, 3.05) is 24.5 Å². The van der Waals surface area contributed by atoms with Gasteiger partial charge in [0.05, 0.1) is 0 Å². The van der Waals surface area contributed by atoms with Crippen molar-refractivity contribution >= 4 is 23.5 Å². The third-order valence-corrected chi connectivity index (χ3v) is 4.35. The monoisotopic (exact) mass is 340 g/mol. The van der Waals surface area contributed by atoms with Gasteiger partial charge in [-0.25, -0.2) is 4.79 Å². The predicted octanol–water partition coefficient (Wildman–Crippen LogP) is 3.19. The number of halogens is 1. The van der Waals surface area contributed by atoms with E-state index >= 15 is 0 Å². The summed E-state index contributed by atoms with van der Waals surface area (Å²) in [6, 6.07) is 0.0378. The lowest BCUT2D eigenvalue weighted by molar-refractivity contribution is 0.0158. The van der Waals surface area contributed by atoms with E-state index in [9.17, 15) is 4.79 Å². The van der Waals surface area contributed by atoms with Crippen molar-refractivity contribution in [2.24, 2.45) is 0 Å². The van der Waals surface area contributed by atoms with Gasteiger partial charge in [0.1, 0.15) is 5.60 Å². The van der Waals surface area contributed by atoms with Crippen LogP contribution in [0, 0.1) is 13.8 Å². The lowest BCUT2D eigenvalue weighted by atomic mass is 10.1. The van der Waals surface area contributed by atoms with Crippen LogP contribution in [0.25, 0.3) is 0 Å². The second kappa shape index (κ2) is 6.51. The fraction of sp³-hybridized carbons (Fsp3) is 0.688. The summed E-state index contributed by atoms with van der Waals surface area (Å²) in [7, 11) is 0. The third kappa shape index (κ3) is 4.05. The smallest absolute Gasteiger partial charge is 0.410 e. The van der Waals surface area contributed by atoms with Gasteiger partial charge in [0.2, 0.25) is 0 Å². The zero-order chi connectivity index (χ0) is 17.4. The van der Waals surface area contributed by atoms with Gasteiger partial charge >= 0.3 is 6.09 Å². The quantitative estimate of drug-likeness (QED) is 0.785. The van der Waals surface area contributed by atoms with E-state index in [1.165, 1.54) is 0 Å². The molecule has 1 amide bonds. The summed E-state index contributed by atoms with van der Waals surface area (Å²) in [5.41, 5.74) is 1.49. The van der Waals surface area contributed by atoms with Crippen LogP contribution in [0.2, 0.25) is 5.15 Å². The molecular formula is C16H25ClN4O2. The molecule has 7 heteroatoms. The first-order valence-electron chi connectivity index (χ1n) is 7.84. The highest BCUT2D eigenvalue weighted by molar-refractivity contribution is 6.30. The molecule has 1 fully saturated rings. The van der Waals surface area contributed by atoms with Crippen LogP contribution in [-0.2, 0) is 4.74 Å². The van der Waals surface area contributed by atoms with Crippen LogP contribution in [0.1, 0.15) is 38.8 Å². The fourth-order valence-electron chi connectivity index (χ4n) is 2.61. The van der Waals surface area contributed by atoms with Crippen LogP contribution < -0.4 is 4.90 Å². The van der Waals surface area contributed by atoms with Gasteiger partial charge in [0.25, 0.3) is 0 Å². The lowest BCUT2D eigenvalue weighted by Gasteiger charge is -2.41. The first kappa shape index (κ1) is 17.8. The SMILES string of the molecule is Cc1c(Cl)nnc(N2CCN(C(=O)OC(C)(C)C)C(C)C2)c1C.